The minimum absolute atomic E-state index is 0. The van der Waals surface area contributed by atoms with Gasteiger partial charge in [-0.05, 0) is 76.9 Å². The maximum absolute atomic E-state index is 13.1. The zero-order chi connectivity index (χ0) is 25.8. The number of carbonyl (C=O) groups excluding carboxylic acids is 1. The number of aryl methyl sites for hydroxylation is 1. The van der Waals surface area contributed by atoms with Crippen molar-refractivity contribution in [2.45, 2.75) is 63.0 Å². The Bertz CT molecular complexity index is 1440. The van der Waals surface area contributed by atoms with Gasteiger partial charge in [0.05, 0.1) is 19.1 Å². The van der Waals surface area contributed by atoms with Gasteiger partial charge in [0.2, 0.25) is 0 Å². The molecule has 0 spiro atoms. The second-order valence-electron chi connectivity index (χ2n) is 10.5. The van der Waals surface area contributed by atoms with Crippen LogP contribution in [0.5, 0.6) is 5.75 Å². The molecule has 0 radical (unpaired) electrons. The number of Topliss-reactive ketones (excluding diaryl/α,β-unsaturated/α-hetero) is 1. The number of hydrogen-bond acceptors (Lipinski definition) is 5. The van der Waals surface area contributed by atoms with E-state index in [0.29, 0.717) is 0 Å². The maximum Gasteiger partial charge on any atom is 0.402 e. The van der Waals surface area contributed by atoms with Crippen LogP contribution in [-0.2, 0) is 21.4 Å². The number of ketones is 1. The lowest BCUT2D eigenvalue weighted by Crippen LogP contribution is -3.00. The first-order valence-corrected chi connectivity index (χ1v) is 14.4. The van der Waals surface area contributed by atoms with Crippen molar-refractivity contribution in [1.29, 1.82) is 0 Å². The molecule has 0 atom stereocenters. The summed E-state index contributed by atoms with van der Waals surface area (Å²) in [4.78, 5) is 22.8. The predicted octanol–water partition coefficient (Wildman–Crippen LogP) is 3.55. The molecule has 5 nitrogen and oxygen atoms in total. The zero-order valence-electron chi connectivity index (χ0n) is 22.2. The molecule has 0 fully saturated rings. The fourth-order valence-corrected chi connectivity index (χ4v) is 7.40. The van der Waals surface area contributed by atoms with Gasteiger partial charge in [0, 0.05) is 27.4 Å². The van der Waals surface area contributed by atoms with Crippen LogP contribution in [0.4, 0.5) is 0 Å². The standard InChI is InChI=1S/C29H32N3O2S2.ClH/c1-17-8-10-19(11-9-17)36-35-16-24-18(2)25(34-7)12-13-32(24)27-30-22-14-20-21(15-23(22)31-27)29(5,6)26(33)28(20,3)4;/h8-15H,16H2,1-7H3,(H,30,31);1H/q+1;/p-1. The average Bonchev–Trinajstić information content (AvgIpc) is 3.32. The Balaban J connectivity index is 0.00000320. The number of rotatable bonds is 6. The average molecular weight is 554 g/mol. The number of halogens is 1. The van der Waals surface area contributed by atoms with Gasteiger partial charge in [-0.15, -0.1) is 0 Å². The van der Waals surface area contributed by atoms with E-state index in [4.69, 9.17) is 9.72 Å². The number of fused-ring (bicyclic) bond motifs is 2. The molecule has 5 rings (SSSR count). The molecule has 0 saturated heterocycles. The van der Waals surface area contributed by atoms with E-state index in [1.165, 1.54) is 10.5 Å². The molecule has 1 N–H and O–H groups in total. The third-order valence-corrected chi connectivity index (χ3v) is 9.64. The molecule has 37 heavy (non-hydrogen) atoms. The smallest absolute Gasteiger partial charge is 0.402 e. The van der Waals surface area contributed by atoms with Crippen LogP contribution in [0.1, 0.15) is 55.6 Å². The van der Waals surface area contributed by atoms with Gasteiger partial charge < -0.3 is 17.1 Å². The molecule has 0 unspecified atom stereocenters. The van der Waals surface area contributed by atoms with Crippen LogP contribution in [0.3, 0.4) is 0 Å². The van der Waals surface area contributed by atoms with Crippen molar-refractivity contribution in [2.75, 3.05) is 7.11 Å². The summed E-state index contributed by atoms with van der Waals surface area (Å²) >= 11 is 0. The van der Waals surface area contributed by atoms with Crippen molar-refractivity contribution in [3.8, 4) is 11.7 Å². The molecule has 1 aliphatic carbocycles. The Hall–Kier alpha value is -2.48. The van der Waals surface area contributed by atoms with Crippen molar-refractivity contribution in [1.82, 2.24) is 9.97 Å². The van der Waals surface area contributed by atoms with Crippen molar-refractivity contribution >= 4 is 38.4 Å². The monoisotopic (exact) mass is 553 g/mol. The van der Waals surface area contributed by atoms with Gasteiger partial charge in [-0.3, -0.25) is 4.79 Å². The number of H-pyrrole nitrogens is 1. The van der Waals surface area contributed by atoms with Gasteiger partial charge in [-0.25, -0.2) is 9.55 Å². The number of carbonyl (C=O) groups is 1. The highest BCUT2D eigenvalue weighted by atomic mass is 35.5. The van der Waals surface area contributed by atoms with Crippen LogP contribution in [-0.4, -0.2) is 22.9 Å². The molecule has 4 aromatic rings. The van der Waals surface area contributed by atoms with Gasteiger partial charge in [-0.2, -0.15) is 0 Å². The summed E-state index contributed by atoms with van der Waals surface area (Å²) in [5, 5.41) is 0. The molecule has 1 aliphatic rings. The second-order valence-corrected chi connectivity index (χ2v) is 12.9. The van der Waals surface area contributed by atoms with Crippen LogP contribution in [0.25, 0.3) is 17.0 Å². The van der Waals surface area contributed by atoms with E-state index in [-0.39, 0.29) is 18.2 Å². The first kappa shape index (κ1) is 27.6. The number of pyridine rings is 1. The number of benzene rings is 2. The van der Waals surface area contributed by atoms with E-state index in [1.54, 1.807) is 28.7 Å². The quantitative estimate of drug-likeness (QED) is 0.292. The molecule has 2 aromatic carbocycles. The second kappa shape index (κ2) is 10.0. The van der Waals surface area contributed by atoms with Gasteiger partial charge >= 0.3 is 5.95 Å². The van der Waals surface area contributed by atoms with E-state index in [2.05, 4.69) is 59.8 Å². The fourth-order valence-electron chi connectivity index (χ4n) is 5.24. The fraction of sp³-hybridized carbons (Fsp3) is 0.345. The van der Waals surface area contributed by atoms with Crippen LogP contribution < -0.4 is 21.7 Å². The summed E-state index contributed by atoms with van der Waals surface area (Å²) in [5.74, 6) is 2.66. The first-order chi connectivity index (χ1) is 17.0. The minimum atomic E-state index is -0.523. The molecule has 2 heterocycles. The highest BCUT2D eigenvalue weighted by molar-refractivity contribution is 8.76. The lowest BCUT2D eigenvalue weighted by molar-refractivity contribution is -0.610. The number of aromatic nitrogens is 3. The van der Waals surface area contributed by atoms with Gasteiger partial charge in [0.25, 0.3) is 0 Å². The Morgan fingerprint density at radius 3 is 2.30 bits per heavy atom. The summed E-state index contributed by atoms with van der Waals surface area (Å²) in [6, 6.07) is 14.8. The Morgan fingerprint density at radius 2 is 1.65 bits per heavy atom. The van der Waals surface area contributed by atoms with E-state index in [0.717, 1.165) is 50.9 Å². The van der Waals surface area contributed by atoms with Gasteiger partial charge in [0.15, 0.2) is 11.3 Å². The number of nitrogens with one attached hydrogen (secondary N) is 1. The largest absolute Gasteiger partial charge is 1.00 e. The Kier molecular flexibility index (Phi) is 7.45. The first-order valence-electron chi connectivity index (χ1n) is 12.1. The van der Waals surface area contributed by atoms with E-state index in [1.807, 2.05) is 40.0 Å². The SMILES string of the molecule is COc1cc[n+](-c2nc3cc4c(cc3[nH]2)C(C)(C)C(=O)C4(C)C)c(CSSc2ccc(C)cc2)c1C.[Cl-]. The van der Waals surface area contributed by atoms with Crippen LogP contribution >= 0.6 is 21.6 Å². The lowest BCUT2D eigenvalue weighted by Gasteiger charge is -2.21. The molecule has 0 saturated carbocycles. The number of nitrogens with zero attached hydrogens (tertiary/aromatic N) is 2. The summed E-state index contributed by atoms with van der Waals surface area (Å²) in [6.07, 6.45) is 2.01. The van der Waals surface area contributed by atoms with Crippen molar-refractivity contribution in [3.05, 3.63) is 76.6 Å². The summed E-state index contributed by atoms with van der Waals surface area (Å²) < 4.78 is 7.75. The number of aromatic amines is 1. The number of ether oxygens (including phenoxy) is 1. The lowest BCUT2D eigenvalue weighted by atomic mass is 9.80. The molecule has 0 amide bonds. The van der Waals surface area contributed by atoms with E-state index >= 15 is 0 Å². The third kappa shape index (κ3) is 4.66. The van der Waals surface area contributed by atoms with Gasteiger partial charge in [0.1, 0.15) is 17.0 Å². The van der Waals surface area contributed by atoms with E-state index in [9.17, 15) is 4.79 Å². The number of imidazole rings is 1. The van der Waals surface area contributed by atoms with Crippen molar-refractivity contribution in [2.24, 2.45) is 0 Å². The summed E-state index contributed by atoms with van der Waals surface area (Å²) in [6.45, 7) is 12.3. The van der Waals surface area contributed by atoms with Crippen LogP contribution in [0, 0.1) is 13.8 Å². The van der Waals surface area contributed by atoms with Crippen molar-refractivity contribution in [3.63, 3.8) is 0 Å². The van der Waals surface area contributed by atoms with Crippen LogP contribution in [0.2, 0.25) is 0 Å². The molecule has 2 aromatic heterocycles. The van der Waals surface area contributed by atoms with Crippen molar-refractivity contribution < 1.29 is 26.5 Å². The van der Waals surface area contributed by atoms with Crippen LogP contribution in [0.15, 0.2) is 53.6 Å². The number of methoxy groups -OCH3 is 1. The highest BCUT2D eigenvalue weighted by Crippen LogP contribution is 2.47. The normalized spacial score (nSPS) is 15.5. The van der Waals surface area contributed by atoms with E-state index < -0.39 is 10.8 Å². The Labute approximate surface area is 232 Å². The number of hydrogen-bond donors (Lipinski definition) is 1. The molecule has 0 aliphatic heterocycles. The molecule has 0 bridgehead atoms. The minimum Gasteiger partial charge on any atom is -1.00 e. The summed E-state index contributed by atoms with van der Waals surface area (Å²) in [5.41, 5.74) is 6.41. The predicted molar refractivity (Wildman–Crippen MR) is 148 cm³/mol. The Morgan fingerprint density at radius 1 is 1.00 bits per heavy atom. The molecule has 194 valence electrons. The molecular weight excluding hydrogens is 522 g/mol. The molecular formula is C29H32ClN3O2S2. The molecule has 8 heteroatoms. The zero-order valence-corrected chi connectivity index (χ0v) is 24.6. The third-order valence-electron chi connectivity index (χ3n) is 7.38. The highest BCUT2D eigenvalue weighted by Gasteiger charge is 2.50. The summed E-state index contributed by atoms with van der Waals surface area (Å²) in [7, 11) is 5.27. The maximum atomic E-state index is 13.1. The van der Waals surface area contributed by atoms with Gasteiger partial charge in [-0.1, -0.05) is 44.3 Å². The topological polar surface area (TPSA) is 58.9 Å².